The quantitative estimate of drug-likeness (QED) is 0.880. The average molecular weight is 325 g/mol. The standard InChI is InChI=1S/C19H23N3O2/c20-18(23)24-17-13-22(12-16-9-5-2-6-10-16)14-19(17,21)11-15-7-3-1-4-8-15/h1-10,17H,11-14,21H2,(H2,20,23). The van der Waals surface area contributed by atoms with Gasteiger partial charge in [-0.3, -0.25) is 4.90 Å². The lowest BCUT2D eigenvalue weighted by atomic mass is 9.89. The molecule has 1 heterocycles. The van der Waals surface area contributed by atoms with Crippen LogP contribution in [0.15, 0.2) is 60.7 Å². The largest absolute Gasteiger partial charge is 0.443 e. The zero-order valence-electron chi connectivity index (χ0n) is 13.6. The number of hydrogen-bond donors (Lipinski definition) is 2. The van der Waals surface area contributed by atoms with Gasteiger partial charge in [0.15, 0.2) is 0 Å². The highest BCUT2D eigenvalue weighted by molar-refractivity contribution is 5.65. The smallest absolute Gasteiger partial charge is 0.404 e. The summed E-state index contributed by atoms with van der Waals surface area (Å²) < 4.78 is 5.34. The summed E-state index contributed by atoms with van der Waals surface area (Å²) in [5.41, 5.74) is 13.6. The van der Waals surface area contributed by atoms with Gasteiger partial charge in [0.2, 0.25) is 0 Å². The summed E-state index contributed by atoms with van der Waals surface area (Å²) >= 11 is 0. The zero-order valence-corrected chi connectivity index (χ0v) is 13.6. The molecule has 2 aromatic carbocycles. The molecular formula is C19H23N3O2. The molecule has 5 nitrogen and oxygen atoms in total. The Labute approximate surface area is 142 Å². The lowest BCUT2D eigenvalue weighted by Crippen LogP contribution is -2.54. The highest BCUT2D eigenvalue weighted by atomic mass is 16.6. The molecule has 0 saturated carbocycles. The molecule has 3 rings (SSSR count). The molecule has 1 aliphatic rings. The van der Waals surface area contributed by atoms with Crippen molar-refractivity contribution in [3.8, 4) is 0 Å². The lowest BCUT2D eigenvalue weighted by molar-refractivity contribution is 0.0777. The third kappa shape index (κ3) is 3.93. The van der Waals surface area contributed by atoms with Crippen LogP contribution in [-0.2, 0) is 17.7 Å². The van der Waals surface area contributed by atoms with E-state index in [0.29, 0.717) is 19.5 Å². The van der Waals surface area contributed by atoms with Crippen molar-refractivity contribution in [2.45, 2.75) is 24.6 Å². The number of rotatable bonds is 5. The molecule has 1 saturated heterocycles. The fourth-order valence-electron chi connectivity index (χ4n) is 3.40. The van der Waals surface area contributed by atoms with E-state index in [1.165, 1.54) is 5.56 Å². The fraction of sp³-hybridized carbons (Fsp3) is 0.316. The van der Waals surface area contributed by atoms with Crippen molar-refractivity contribution in [1.29, 1.82) is 0 Å². The molecule has 126 valence electrons. The van der Waals surface area contributed by atoms with Crippen molar-refractivity contribution in [2.24, 2.45) is 11.5 Å². The van der Waals surface area contributed by atoms with E-state index in [2.05, 4.69) is 17.0 Å². The van der Waals surface area contributed by atoms with Crippen molar-refractivity contribution in [2.75, 3.05) is 13.1 Å². The van der Waals surface area contributed by atoms with Gasteiger partial charge in [0, 0.05) is 19.6 Å². The normalized spacial score (nSPS) is 24.0. The number of carbonyl (C=O) groups is 1. The van der Waals surface area contributed by atoms with Crippen molar-refractivity contribution in [3.05, 3.63) is 71.8 Å². The molecule has 0 aliphatic carbocycles. The number of primary amides is 1. The van der Waals surface area contributed by atoms with Crippen LogP contribution < -0.4 is 11.5 Å². The van der Waals surface area contributed by atoms with Crippen LogP contribution in [0.4, 0.5) is 4.79 Å². The average Bonchev–Trinajstić information content (AvgIpc) is 2.84. The Balaban J connectivity index is 1.76. The number of benzene rings is 2. The number of ether oxygens (including phenoxy) is 1. The Bertz CT molecular complexity index is 678. The van der Waals surface area contributed by atoms with Gasteiger partial charge in [-0.2, -0.15) is 0 Å². The number of likely N-dealkylation sites (tertiary alicyclic amines) is 1. The zero-order chi connectivity index (χ0) is 17.0. The van der Waals surface area contributed by atoms with Gasteiger partial charge in [-0.25, -0.2) is 4.79 Å². The first-order chi connectivity index (χ1) is 11.5. The molecule has 24 heavy (non-hydrogen) atoms. The van der Waals surface area contributed by atoms with Crippen LogP contribution in [0.3, 0.4) is 0 Å². The van der Waals surface area contributed by atoms with E-state index < -0.39 is 17.7 Å². The van der Waals surface area contributed by atoms with Gasteiger partial charge in [0.1, 0.15) is 6.10 Å². The van der Waals surface area contributed by atoms with Gasteiger partial charge < -0.3 is 16.2 Å². The van der Waals surface area contributed by atoms with E-state index in [0.717, 1.165) is 12.1 Å². The fourth-order valence-corrected chi connectivity index (χ4v) is 3.40. The summed E-state index contributed by atoms with van der Waals surface area (Å²) in [4.78, 5) is 13.5. The van der Waals surface area contributed by atoms with E-state index in [1.54, 1.807) is 0 Å². The van der Waals surface area contributed by atoms with Crippen LogP contribution in [-0.4, -0.2) is 35.7 Å². The molecule has 2 unspecified atom stereocenters. The second-order valence-corrected chi connectivity index (χ2v) is 6.48. The third-order valence-corrected chi connectivity index (χ3v) is 4.47. The van der Waals surface area contributed by atoms with Crippen LogP contribution in [0, 0.1) is 0 Å². The second kappa shape index (κ2) is 7.03. The maximum Gasteiger partial charge on any atom is 0.404 e. The molecule has 0 bridgehead atoms. The first kappa shape index (κ1) is 16.5. The third-order valence-electron chi connectivity index (χ3n) is 4.47. The van der Waals surface area contributed by atoms with Crippen molar-refractivity contribution in [3.63, 3.8) is 0 Å². The van der Waals surface area contributed by atoms with E-state index in [9.17, 15) is 4.79 Å². The molecule has 0 radical (unpaired) electrons. The number of nitrogens with zero attached hydrogens (tertiary/aromatic N) is 1. The Kier molecular flexibility index (Phi) is 4.83. The molecule has 1 aliphatic heterocycles. The summed E-state index contributed by atoms with van der Waals surface area (Å²) in [5.74, 6) is 0. The van der Waals surface area contributed by atoms with Crippen LogP contribution >= 0.6 is 0 Å². The molecule has 0 aromatic heterocycles. The van der Waals surface area contributed by atoms with Gasteiger partial charge in [0.25, 0.3) is 0 Å². The van der Waals surface area contributed by atoms with Gasteiger partial charge in [-0.15, -0.1) is 0 Å². The summed E-state index contributed by atoms with van der Waals surface area (Å²) in [7, 11) is 0. The van der Waals surface area contributed by atoms with Gasteiger partial charge in [-0.05, 0) is 17.5 Å². The highest BCUT2D eigenvalue weighted by Gasteiger charge is 2.45. The van der Waals surface area contributed by atoms with Crippen molar-refractivity contribution >= 4 is 6.09 Å². The Hall–Kier alpha value is -2.37. The van der Waals surface area contributed by atoms with E-state index >= 15 is 0 Å². The first-order valence-electron chi connectivity index (χ1n) is 8.10. The topological polar surface area (TPSA) is 81.6 Å². The molecule has 4 N–H and O–H groups in total. The van der Waals surface area contributed by atoms with Crippen LogP contribution in [0.25, 0.3) is 0 Å². The minimum Gasteiger partial charge on any atom is -0.443 e. The second-order valence-electron chi connectivity index (χ2n) is 6.48. The molecule has 1 fully saturated rings. The van der Waals surface area contributed by atoms with Crippen LogP contribution in [0.2, 0.25) is 0 Å². The van der Waals surface area contributed by atoms with E-state index in [1.807, 2.05) is 48.5 Å². The number of hydrogen-bond acceptors (Lipinski definition) is 4. The molecule has 5 heteroatoms. The summed E-state index contributed by atoms with van der Waals surface area (Å²) in [5, 5.41) is 0. The van der Waals surface area contributed by atoms with Crippen LogP contribution in [0.5, 0.6) is 0 Å². The first-order valence-corrected chi connectivity index (χ1v) is 8.10. The number of amides is 1. The Morgan fingerprint density at radius 2 is 1.67 bits per heavy atom. The molecule has 0 spiro atoms. The minimum absolute atomic E-state index is 0.418. The predicted octanol–water partition coefficient (Wildman–Crippen LogP) is 1.91. The lowest BCUT2D eigenvalue weighted by Gasteiger charge is -2.29. The maximum atomic E-state index is 11.3. The van der Waals surface area contributed by atoms with E-state index in [4.69, 9.17) is 16.2 Å². The minimum atomic E-state index is -0.774. The maximum absolute atomic E-state index is 11.3. The van der Waals surface area contributed by atoms with Gasteiger partial charge >= 0.3 is 6.09 Å². The predicted molar refractivity (Wildman–Crippen MR) is 93.2 cm³/mol. The van der Waals surface area contributed by atoms with Crippen molar-refractivity contribution in [1.82, 2.24) is 4.90 Å². The SMILES string of the molecule is NC(=O)OC1CN(Cc2ccccc2)CC1(N)Cc1ccccc1. The molecule has 2 atom stereocenters. The molecule has 2 aromatic rings. The number of nitrogens with two attached hydrogens (primary N) is 2. The van der Waals surface area contributed by atoms with Gasteiger partial charge in [-0.1, -0.05) is 60.7 Å². The monoisotopic (exact) mass is 325 g/mol. The summed E-state index contributed by atoms with van der Waals surface area (Å²) in [6.45, 7) is 2.00. The summed E-state index contributed by atoms with van der Waals surface area (Å²) in [6, 6.07) is 20.2. The Morgan fingerprint density at radius 3 is 2.25 bits per heavy atom. The number of carbonyl (C=O) groups excluding carboxylic acids is 1. The van der Waals surface area contributed by atoms with Crippen LogP contribution in [0.1, 0.15) is 11.1 Å². The summed E-state index contributed by atoms with van der Waals surface area (Å²) in [6.07, 6.45) is -0.555. The Morgan fingerprint density at radius 1 is 1.08 bits per heavy atom. The van der Waals surface area contributed by atoms with Gasteiger partial charge in [0.05, 0.1) is 5.54 Å². The van der Waals surface area contributed by atoms with Crippen molar-refractivity contribution < 1.29 is 9.53 Å². The molecular weight excluding hydrogens is 302 g/mol. The van der Waals surface area contributed by atoms with E-state index in [-0.39, 0.29) is 0 Å². The molecule has 1 amide bonds. The highest BCUT2D eigenvalue weighted by Crippen LogP contribution is 2.27.